The number of aryl methyl sites for hydroxylation is 1. The normalized spacial score (nSPS) is 10.2. The van der Waals surface area contributed by atoms with Crippen LogP contribution in [0.25, 0.3) is 0 Å². The summed E-state index contributed by atoms with van der Waals surface area (Å²) in [6.45, 7) is 2.01. The van der Waals surface area contributed by atoms with Crippen LogP contribution in [-0.2, 0) is 0 Å². The van der Waals surface area contributed by atoms with Gasteiger partial charge >= 0.3 is 0 Å². The van der Waals surface area contributed by atoms with Crippen molar-refractivity contribution in [2.75, 3.05) is 5.32 Å². The summed E-state index contributed by atoms with van der Waals surface area (Å²) in [5.74, 6) is 0.328. The second-order valence-electron chi connectivity index (χ2n) is 3.19. The predicted molar refractivity (Wildman–Crippen MR) is 64.3 cm³/mol. The fourth-order valence-electron chi connectivity index (χ4n) is 1.15. The fraction of sp³-hybridized carbons (Fsp3) is 0.100. The fourth-order valence-corrected chi connectivity index (χ4v) is 1.51. The molecule has 0 aliphatic rings. The highest BCUT2D eigenvalue weighted by Crippen LogP contribution is 2.16. The number of anilines is 2. The van der Waals surface area contributed by atoms with Crippen LogP contribution in [-0.4, -0.2) is 15.0 Å². The molecule has 16 heavy (non-hydrogen) atoms. The molecule has 0 unspecified atom stereocenters. The molecule has 0 spiro atoms. The Kier molecular flexibility index (Phi) is 3.22. The highest BCUT2D eigenvalue weighted by molar-refractivity contribution is 6.31. The first kappa shape index (κ1) is 11.1. The summed E-state index contributed by atoms with van der Waals surface area (Å²) < 4.78 is 0. The number of hydrogen-bond acceptors (Lipinski definition) is 4. The summed E-state index contributed by atoms with van der Waals surface area (Å²) in [5, 5.41) is 3.11. The first-order valence-electron chi connectivity index (χ1n) is 4.54. The van der Waals surface area contributed by atoms with E-state index >= 15 is 0 Å². The average molecular weight is 255 g/mol. The van der Waals surface area contributed by atoms with E-state index in [1.165, 1.54) is 5.56 Å². The molecule has 4 nitrogen and oxygen atoms in total. The first-order valence-corrected chi connectivity index (χ1v) is 5.30. The van der Waals surface area contributed by atoms with Crippen molar-refractivity contribution in [1.29, 1.82) is 0 Å². The quantitative estimate of drug-likeness (QED) is 0.894. The summed E-state index contributed by atoms with van der Waals surface area (Å²) in [5.41, 5.74) is 2.04. The third-order valence-corrected chi connectivity index (χ3v) is 2.23. The molecule has 0 atom stereocenters. The van der Waals surface area contributed by atoms with Crippen molar-refractivity contribution in [3.8, 4) is 0 Å². The lowest BCUT2D eigenvalue weighted by molar-refractivity contribution is 1.05. The Bertz CT molecular complexity index is 478. The molecular weight excluding hydrogens is 247 g/mol. The van der Waals surface area contributed by atoms with Crippen LogP contribution in [0, 0.1) is 6.92 Å². The zero-order valence-corrected chi connectivity index (χ0v) is 9.92. The first-order chi connectivity index (χ1) is 7.63. The summed E-state index contributed by atoms with van der Waals surface area (Å²) in [6.07, 6.45) is 0. The van der Waals surface area contributed by atoms with E-state index in [0.29, 0.717) is 5.95 Å². The summed E-state index contributed by atoms with van der Waals surface area (Å²) in [4.78, 5) is 11.5. The second kappa shape index (κ2) is 4.63. The molecule has 6 heteroatoms. The standard InChI is InChI=1S/C10H8Cl2N4/c1-6-2-4-7(5-3-6)13-10-15-8(11)14-9(12)16-10/h2-5H,1H3,(H,13,14,15,16). The van der Waals surface area contributed by atoms with Gasteiger partial charge in [-0.3, -0.25) is 0 Å². The maximum Gasteiger partial charge on any atom is 0.232 e. The number of halogens is 2. The number of hydrogen-bond donors (Lipinski definition) is 1. The SMILES string of the molecule is Cc1ccc(Nc2nc(Cl)nc(Cl)n2)cc1. The number of benzene rings is 1. The van der Waals surface area contributed by atoms with Gasteiger partial charge in [0.05, 0.1) is 0 Å². The lowest BCUT2D eigenvalue weighted by Crippen LogP contribution is -1.99. The van der Waals surface area contributed by atoms with E-state index in [1.54, 1.807) is 0 Å². The van der Waals surface area contributed by atoms with Crippen molar-refractivity contribution in [3.05, 3.63) is 40.4 Å². The molecule has 82 valence electrons. The van der Waals surface area contributed by atoms with Gasteiger partial charge in [-0.15, -0.1) is 0 Å². The van der Waals surface area contributed by atoms with Gasteiger partial charge in [-0.1, -0.05) is 17.7 Å². The molecule has 2 rings (SSSR count). The van der Waals surface area contributed by atoms with Gasteiger partial charge in [0.1, 0.15) is 0 Å². The summed E-state index contributed by atoms with van der Waals surface area (Å²) >= 11 is 11.3. The van der Waals surface area contributed by atoms with E-state index in [0.717, 1.165) is 5.69 Å². The van der Waals surface area contributed by atoms with Gasteiger partial charge in [-0.05, 0) is 42.3 Å². The van der Waals surface area contributed by atoms with Crippen molar-refractivity contribution in [1.82, 2.24) is 15.0 Å². The Hall–Kier alpha value is -1.39. The Balaban J connectivity index is 2.23. The minimum Gasteiger partial charge on any atom is -0.324 e. The third-order valence-electron chi connectivity index (χ3n) is 1.89. The van der Waals surface area contributed by atoms with Crippen molar-refractivity contribution in [2.45, 2.75) is 6.92 Å². The van der Waals surface area contributed by atoms with E-state index in [-0.39, 0.29) is 10.6 Å². The van der Waals surface area contributed by atoms with Crippen LogP contribution < -0.4 is 5.32 Å². The minimum atomic E-state index is 0.0645. The van der Waals surface area contributed by atoms with Gasteiger partial charge in [-0.25, -0.2) is 0 Å². The zero-order valence-electron chi connectivity index (χ0n) is 8.41. The summed E-state index contributed by atoms with van der Waals surface area (Å²) in [6, 6.07) is 7.79. The van der Waals surface area contributed by atoms with Crippen LogP contribution in [0.15, 0.2) is 24.3 Å². The number of aromatic nitrogens is 3. The predicted octanol–water partition coefficient (Wildman–Crippen LogP) is 3.23. The van der Waals surface area contributed by atoms with Crippen LogP contribution in [0.4, 0.5) is 11.6 Å². The van der Waals surface area contributed by atoms with Gasteiger partial charge in [-0.2, -0.15) is 15.0 Å². The molecule has 0 amide bonds. The highest BCUT2D eigenvalue weighted by atomic mass is 35.5. The Morgan fingerprint density at radius 2 is 1.50 bits per heavy atom. The van der Waals surface area contributed by atoms with Gasteiger partial charge in [0.25, 0.3) is 0 Å². The molecule has 0 radical (unpaired) electrons. The lowest BCUT2D eigenvalue weighted by atomic mass is 10.2. The minimum absolute atomic E-state index is 0.0645. The van der Waals surface area contributed by atoms with Crippen LogP contribution in [0.1, 0.15) is 5.56 Å². The second-order valence-corrected chi connectivity index (χ2v) is 3.86. The highest BCUT2D eigenvalue weighted by Gasteiger charge is 2.02. The molecule has 1 heterocycles. The van der Waals surface area contributed by atoms with Crippen molar-refractivity contribution in [3.63, 3.8) is 0 Å². The van der Waals surface area contributed by atoms with Gasteiger partial charge in [0.15, 0.2) is 0 Å². The summed E-state index contributed by atoms with van der Waals surface area (Å²) in [7, 11) is 0. The van der Waals surface area contributed by atoms with Crippen molar-refractivity contribution >= 4 is 34.8 Å². The largest absolute Gasteiger partial charge is 0.324 e. The van der Waals surface area contributed by atoms with E-state index in [4.69, 9.17) is 23.2 Å². The molecule has 0 aliphatic carbocycles. The molecule has 0 aliphatic heterocycles. The van der Waals surface area contributed by atoms with Gasteiger partial charge in [0.2, 0.25) is 16.5 Å². The Morgan fingerprint density at radius 3 is 2.06 bits per heavy atom. The molecular formula is C10H8Cl2N4. The van der Waals surface area contributed by atoms with Crippen LogP contribution >= 0.6 is 23.2 Å². The topological polar surface area (TPSA) is 50.7 Å². The van der Waals surface area contributed by atoms with Gasteiger partial charge < -0.3 is 5.32 Å². The molecule has 0 fully saturated rings. The molecule has 1 aromatic heterocycles. The molecule has 1 N–H and O–H groups in total. The average Bonchev–Trinajstić information content (AvgIpc) is 2.20. The van der Waals surface area contributed by atoms with Gasteiger partial charge in [0, 0.05) is 5.69 Å². The monoisotopic (exact) mass is 254 g/mol. The van der Waals surface area contributed by atoms with E-state index in [1.807, 2.05) is 31.2 Å². The molecule has 1 aromatic carbocycles. The smallest absolute Gasteiger partial charge is 0.232 e. The lowest BCUT2D eigenvalue weighted by Gasteiger charge is -2.04. The van der Waals surface area contributed by atoms with Crippen LogP contribution in [0.5, 0.6) is 0 Å². The van der Waals surface area contributed by atoms with E-state index < -0.39 is 0 Å². The number of rotatable bonds is 2. The van der Waals surface area contributed by atoms with Crippen LogP contribution in [0.3, 0.4) is 0 Å². The number of nitrogens with one attached hydrogen (secondary N) is 1. The zero-order chi connectivity index (χ0) is 11.5. The Labute approximate surface area is 103 Å². The molecule has 0 saturated heterocycles. The van der Waals surface area contributed by atoms with Crippen LogP contribution in [0.2, 0.25) is 10.6 Å². The molecule has 0 bridgehead atoms. The van der Waals surface area contributed by atoms with E-state index in [9.17, 15) is 0 Å². The molecule has 2 aromatic rings. The van der Waals surface area contributed by atoms with Crippen molar-refractivity contribution in [2.24, 2.45) is 0 Å². The maximum absolute atomic E-state index is 5.65. The maximum atomic E-state index is 5.65. The van der Waals surface area contributed by atoms with Crippen molar-refractivity contribution < 1.29 is 0 Å². The third kappa shape index (κ3) is 2.81. The Morgan fingerprint density at radius 1 is 0.938 bits per heavy atom. The van der Waals surface area contributed by atoms with E-state index in [2.05, 4.69) is 20.3 Å². The number of nitrogens with zero attached hydrogens (tertiary/aromatic N) is 3. The molecule has 0 saturated carbocycles.